The highest BCUT2D eigenvalue weighted by Crippen LogP contribution is 2.08. The summed E-state index contributed by atoms with van der Waals surface area (Å²) < 4.78 is 0. The van der Waals surface area contributed by atoms with Crippen LogP contribution in [-0.2, 0) is 12.8 Å². The monoisotopic (exact) mass is 181 g/mol. The van der Waals surface area contributed by atoms with Gasteiger partial charge < -0.3 is 10.7 Å². The summed E-state index contributed by atoms with van der Waals surface area (Å²) in [6, 6.07) is 0. The number of nitrogens with one attached hydrogen (secondary N) is 1. The van der Waals surface area contributed by atoms with Gasteiger partial charge in [0, 0.05) is 12.1 Å². The van der Waals surface area contributed by atoms with Crippen molar-refractivity contribution in [2.45, 2.75) is 39.5 Å². The SMILES string of the molecule is CCCc1nc(CCCN)[nH]c1C. The predicted octanol–water partition coefficient (Wildman–Crippen LogP) is 1.56. The van der Waals surface area contributed by atoms with Crippen molar-refractivity contribution in [3.63, 3.8) is 0 Å². The molecule has 0 aromatic carbocycles. The maximum Gasteiger partial charge on any atom is 0.106 e. The third-order valence-corrected chi connectivity index (χ3v) is 2.14. The second-order valence-corrected chi connectivity index (χ2v) is 3.40. The summed E-state index contributed by atoms with van der Waals surface area (Å²) in [6.45, 7) is 5.00. The van der Waals surface area contributed by atoms with E-state index in [1.807, 2.05) is 0 Å². The van der Waals surface area contributed by atoms with E-state index >= 15 is 0 Å². The van der Waals surface area contributed by atoms with Gasteiger partial charge in [0.2, 0.25) is 0 Å². The average molecular weight is 181 g/mol. The highest BCUT2D eigenvalue weighted by atomic mass is 14.9. The Hall–Kier alpha value is -0.830. The number of aromatic amines is 1. The Labute approximate surface area is 79.8 Å². The fraction of sp³-hybridized carbons (Fsp3) is 0.700. The number of aromatic nitrogens is 2. The van der Waals surface area contributed by atoms with E-state index in [0.29, 0.717) is 0 Å². The maximum absolute atomic E-state index is 5.44. The standard InChI is InChI=1S/C10H19N3/c1-3-5-9-8(2)12-10(13-9)6-4-7-11/h3-7,11H2,1-2H3,(H,12,13). The first-order valence-electron chi connectivity index (χ1n) is 5.02. The largest absolute Gasteiger partial charge is 0.346 e. The Morgan fingerprint density at radius 1 is 1.38 bits per heavy atom. The zero-order valence-corrected chi connectivity index (χ0v) is 8.56. The molecule has 1 aromatic rings. The molecule has 0 aliphatic heterocycles. The summed E-state index contributed by atoms with van der Waals surface area (Å²) in [7, 11) is 0. The average Bonchev–Trinajstić information content (AvgIpc) is 2.45. The molecular weight excluding hydrogens is 162 g/mol. The minimum Gasteiger partial charge on any atom is -0.346 e. The quantitative estimate of drug-likeness (QED) is 0.724. The summed E-state index contributed by atoms with van der Waals surface area (Å²) in [4.78, 5) is 7.82. The van der Waals surface area contributed by atoms with E-state index in [-0.39, 0.29) is 0 Å². The number of nitrogens with two attached hydrogens (primary N) is 1. The van der Waals surface area contributed by atoms with E-state index in [4.69, 9.17) is 5.73 Å². The summed E-state index contributed by atoms with van der Waals surface area (Å²) in [5.74, 6) is 1.09. The highest BCUT2D eigenvalue weighted by Gasteiger charge is 2.04. The van der Waals surface area contributed by atoms with Crippen LogP contribution in [0.5, 0.6) is 0 Å². The van der Waals surface area contributed by atoms with Gasteiger partial charge in [-0.2, -0.15) is 0 Å². The van der Waals surface area contributed by atoms with Gasteiger partial charge >= 0.3 is 0 Å². The van der Waals surface area contributed by atoms with E-state index < -0.39 is 0 Å². The maximum atomic E-state index is 5.44. The number of hydrogen-bond donors (Lipinski definition) is 2. The third-order valence-electron chi connectivity index (χ3n) is 2.14. The predicted molar refractivity (Wildman–Crippen MR) is 54.7 cm³/mol. The first-order valence-corrected chi connectivity index (χ1v) is 5.02. The van der Waals surface area contributed by atoms with E-state index in [1.54, 1.807) is 0 Å². The Morgan fingerprint density at radius 2 is 2.15 bits per heavy atom. The molecule has 0 aliphatic carbocycles. The lowest BCUT2D eigenvalue weighted by molar-refractivity contribution is 0.786. The first kappa shape index (κ1) is 10.3. The fourth-order valence-corrected chi connectivity index (χ4v) is 1.43. The van der Waals surface area contributed by atoms with Crippen LogP contribution < -0.4 is 5.73 Å². The molecular formula is C10H19N3. The molecule has 0 radical (unpaired) electrons. The van der Waals surface area contributed by atoms with Gasteiger partial charge in [-0.05, 0) is 26.3 Å². The Balaban J connectivity index is 2.59. The fourth-order valence-electron chi connectivity index (χ4n) is 1.43. The molecule has 3 N–H and O–H groups in total. The van der Waals surface area contributed by atoms with Crippen LogP contribution in [0.3, 0.4) is 0 Å². The molecule has 0 spiro atoms. The summed E-state index contributed by atoms with van der Waals surface area (Å²) >= 11 is 0. The molecule has 0 unspecified atom stereocenters. The van der Waals surface area contributed by atoms with E-state index in [1.165, 1.54) is 11.4 Å². The molecule has 1 heterocycles. The van der Waals surface area contributed by atoms with Crippen molar-refractivity contribution < 1.29 is 0 Å². The molecule has 0 fully saturated rings. The van der Waals surface area contributed by atoms with Crippen LogP contribution in [0.2, 0.25) is 0 Å². The van der Waals surface area contributed by atoms with Gasteiger partial charge in [-0.15, -0.1) is 0 Å². The number of rotatable bonds is 5. The zero-order chi connectivity index (χ0) is 9.68. The smallest absolute Gasteiger partial charge is 0.106 e. The number of H-pyrrole nitrogens is 1. The number of hydrogen-bond acceptors (Lipinski definition) is 2. The van der Waals surface area contributed by atoms with Crippen LogP contribution in [0.15, 0.2) is 0 Å². The van der Waals surface area contributed by atoms with Gasteiger partial charge in [0.05, 0.1) is 5.69 Å². The normalized spacial score (nSPS) is 10.7. The van der Waals surface area contributed by atoms with Gasteiger partial charge in [0.1, 0.15) is 5.82 Å². The summed E-state index contributed by atoms with van der Waals surface area (Å²) in [6.07, 6.45) is 4.21. The Morgan fingerprint density at radius 3 is 2.77 bits per heavy atom. The van der Waals surface area contributed by atoms with Crippen LogP contribution >= 0.6 is 0 Å². The van der Waals surface area contributed by atoms with Gasteiger partial charge in [-0.3, -0.25) is 0 Å². The topological polar surface area (TPSA) is 54.7 Å². The van der Waals surface area contributed by atoms with Crippen LogP contribution in [-0.4, -0.2) is 16.5 Å². The van der Waals surface area contributed by atoms with Gasteiger partial charge in [0.15, 0.2) is 0 Å². The molecule has 3 heteroatoms. The summed E-state index contributed by atoms with van der Waals surface area (Å²) in [5.41, 5.74) is 7.87. The molecule has 1 aromatic heterocycles. The van der Waals surface area contributed by atoms with Crippen LogP contribution in [0.25, 0.3) is 0 Å². The third kappa shape index (κ3) is 2.84. The second-order valence-electron chi connectivity index (χ2n) is 3.40. The molecule has 3 nitrogen and oxygen atoms in total. The minimum absolute atomic E-state index is 0.739. The van der Waals surface area contributed by atoms with Gasteiger partial charge in [-0.25, -0.2) is 4.98 Å². The van der Waals surface area contributed by atoms with E-state index in [0.717, 1.165) is 38.1 Å². The molecule has 0 atom stereocenters. The number of aryl methyl sites for hydroxylation is 3. The molecule has 0 bridgehead atoms. The van der Waals surface area contributed by atoms with Crippen LogP contribution in [0, 0.1) is 6.92 Å². The van der Waals surface area contributed by atoms with Crippen molar-refractivity contribution in [3.05, 3.63) is 17.2 Å². The lowest BCUT2D eigenvalue weighted by Gasteiger charge is -1.92. The molecule has 0 saturated carbocycles. The lowest BCUT2D eigenvalue weighted by Crippen LogP contribution is -2.01. The molecule has 0 amide bonds. The molecule has 13 heavy (non-hydrogen) atoms. The molecule has 1 rings (SSSR count). The van der Waals surface area contributed by atoms with Crippen molar-refractivity contribution >= 4 is 0 Å². The van der Waals surface area contributed by atoms with Crippen molar-refractivity contribution in [2.24, 2.45) is 5.73 Å². The molecule has 0 saturated heterocycles. The number of imidazole rings is 1. The van der Waals surface area contributed by atoms with Crippen molar-refractivity contribution in [1.82, 2.24) is 9.97 Å². The van der Waals surface area contributed by atoms with Crippen molar-refractivity contribution in [1.29, 1.82) is 0 Å². The van der Waals surface area contributed by atoms with Crippen LogP contribution in [0.4, 0.5) is 0 Å². The molecule has 74 valence electrons. The lowest BCUT2D eigenvalue weighted by atomic mass is 10.2. The minimum atomic E-state index is 0.739. The molecule has 0 aliphatic rings. The van der Waals surface area contributed by atoms with Crippen molar-refractivity contribution in [2.75, 3.05) is 6.54 Å². The second kappa shape index (κ2) is 5.02. The zero-order valence-electron chi connectivity index (χ0n) is 8.56. The Bertz CT molecular complexity index is 253. The highest BCUT2D eigenvalue weighted by molar-refractivity contribution is 5.13. The first-order chi connectivity index (χ1) is 6.27. The summed E-state index contributed by atoms with van der Waals surface area (Å²) in [5, 5.41) is 0. The number of nitrogens with zero attached hydrogens (tertiary/aromatic N) is 1. The Kier molecular flexibility index (Phi) is 3.96. The van der Waals surface area contributed by atoms with Crippen LogP contribution in [0.1, 0.15) is 37.0 Å². The van der Waals surface area contributed by atoms with Gasteiger partial charge in [-0.1, -0.05) is 13.3 Å². The van der Waals surface area contributed by atoms with E-state index in [9.17, 15) is 0 Å². The van der Waals surface area contributed by atoms with E-state index in [2.05, 4.69) is 23.8 Å². The van der Waals surface area contributed by atoms with Crippen molar-refractivity contribution in [3.8, 4) is 0 Å². The van der Waals surface area contributed by atoms with Gasteiger partial charge in [0.25, 0.3) is 0 Å².